The number of hydrogen-bond acceptors (Lipinski definition) is 6. The number of nitrogens with zero attached hydrogens (tertiary/aromatic N) is 2. The molecule has 0 fully saturated rings. The Balaban J connectivity index is 0. The molecule has 0 aliphatic rings. The third-order valence-electron chi connectivity index (χ3n) is 1.56. The Morgan fingerprint density at radius 1 is 0.941 bits per heavy atom. The lowest BCUT2D eigenvalue weighted by Gasteiger charge is -1.93. The van der Waals surface area contributed by atoms with Gasteiger partial charge in [0.2, 0.25) is 0 Å². The first-order valence-electron chi connectivity index (χ1n) is 4.05. The van der Waals surface area contributed by atoms with Gasteiger partial charge in [0.05, 0.1) is 15.7 Å². The van der Waals surface area contributed by atoms with Crippen molar-refractivity contribution in [1.29, 1.82) is 0 Å². The first kappa shape index (κ1) is 17.0. The van der Waals surface area contributed by atoms with Crippen LogP contribution in [0.25, 0.3) is 0 Å². The average Bonchev–Trinajstić information content (AvgIpc) is 2.12. The molecule has 0 aliphatic carbocycles. The van der Waals surface area contributed by atoms with E-state index >= 15 is 0 Å². The second-order valence-electron chi connectivity index (χ2n) is 2.65. The monoisotopic (exact) mass is 248 g/mol. The molecule has 96 valence electrons. The van der Waals surface area contributed by atoms with E-state index in [4.69, 9.17) is 30.6 Å². The van der Waals surface area contributed by atoms with Crippen LogP contribution in [0.2, 0.25) is 0 Å². The van der Waals surface area contributed by atoms with Crippen LogP contribution in [0.1, 0.15) is 5.56 Å². The second-order valence-corrected chi connectivity index (χ2v) is 2.65. The minimum absolute atomic E-state index is 1.07. The highest BCUT2D eigenvalue weighted by Gasteiger charge is 2.00. The summed E-state index contributed by atoms with van der Waals surface area (Å²) in [5.41, 5.74) is 11.0. The Morgan fingerprint density at radius 2 is 1.18 bits per heavy atom. The lowest BCUT2D eigenvalue weighted by atomic mass is 10.2. The summed E-state index contributed by atoms with van der Waals surface area (Å²) in [5.74, 6) is 0. The minimum atomic E-state index is -1.75. The number of rotatable bonds is 0. The highest BCUT2D eigenvalue weighted by Crippen LogP contribution is 2.12. The van der Waals surface area contributed by atoms with Gasteiger partial charge in [-0.1, -0.05) is 6.07 Å². The highest BCUT2D eigenvalue weighted by molar-refractivity contribution is 5.50. The molecule has 17 heavy (non-hydrogen) atoms. The van der Waals surface area contributed by atoms with E-state index in [-0.39, 0.29) is 0 Å². The molecule has 0 aliphatic heterocycles. The zero-order chi connectivity index (χ0) is 14.0. The SMILES string of the molecule is Cc1c([NH3+])cccc1[NH3+].O=[N+]([O-])[O-].O=[N+]([O-])[O-]. The summed E-state index contributed by atoms with van der Waals surface area (Å²) in [4.78, 5) is 16.5. The summed E-state index contributed by atoms with van der Waals surface area (Å²) in [6.07, 6.45) is 0. The van der Waals surface area contributed by atoms with E-state index in [2.05, 4.69) is 11.5 Å². The topological polar surface area (TPSA) is 188 Å². The van der Waals surface area contributed by atoms with Crippen LogP contribution >= 0.6 is 0 Å². The van der Waals surface area contributed by atoms with Crippen molar-refractivity contribution in [2.75, 3.05) is 0 Å². The molecular formula is C7H12N4O6. The van der Waals surface area contributed by atoms with Gasteiger partial charge in [-0.3, -0.25) is 0 Å². The summed E-state index contributed by atoms with van der Waals surface area (Å²) in [5, 5.41) is 29.5. The molecule has 10 nitrogen and oxygen atoms in total. The first-order valence-corrected chi connectivity index (χ1v) is 4.05. The molecule has 1 rings (SSSR count). The minimum Gasteiger partial charge on any atom is -0.356 e. The van der Waals surface area contributed by atoms with Gasteiger partial charge in [-0.25, -0.2) is 0 Å². The van der Waals surface area contributed by atoms with E-state index in [1.807, 2.05) is 25.1 Å². The molecule has 1 aromatic carbocycles. The smallest absolute Gasteiger partial charge is 0.136 e. The molecule has 1 aromatic rings. The zero-order valence-corrected chi connectivity index (χ0v) is 8.99. The standard InChI is InChI=1S/C7H10N2.2NO3/c1-5-6(8)3-2-4-7(5)9;2*2-1(3)4/h2-4H,8-9H2,1H3;;/q;2*-1/p+2. The Kier molecular flexibility index (Phi) is 8.79. The van der Waals surface area contributed by atoms with Crippen molar-refractivity contribution >= 4 is 11.4 Å². The molecule has 0 aromatic heterocycles. The van der Waals surface area contributed by atoms with Crippen LogP contribution in [-0.4, -0.2) is 10.2 Å². The number of quaternary nitrogens is 2. The molecule has 0 saturated heterocycles. The van der Waals surface area contributed by atoms with E-state index < -0.39 is 10.2 Å². The van der Waals surface area contributed by atoms with Crippen molar-refractivity contribution in [3.63, 3.8) is 0 Å². The van der Waals surface area contributed by atoms with Crippen molar-refractivity contribution in [3.8, 4) is 0 Å². The molecule has 0 atom stereocenters. The van der Waals surface area contributed by atoms with Crippen LogP contribution in [0.15, 0.2) is 18.2 Å². The Bertz CT molecular complexity index is 342. The van der Waals surface area contributed by atoms with Crippen LogP contribution in [0.4, 0.5) is 11.4 Å². The Morgan fingerprint density at radius 3 is 1.35 bits per heavy atom. The van der Waals surface area contributed by atoms with E-state index in [9.17, 15) is 0 Å². The van der Waals surface area contributed by atoms with E-state index in [0.29, 0.717) is 0 Å². The van der Waals surface area contributed by atoms with Crippen molar-refractivity contribution in [2.45, 2.75) is 6.92 Å². The zero-order valence-electron chi connectivity index (χ0n) is 8.99. The van der Waals surface area contributed by atoms with Crippen molar-refractivity contribution < 1.29 is 21.6 Å². The van der Waals surface area contributed by atoms with E-state index in [1.165, 1.54) is 5.56 Å². The largest absolute Gasteiger partial charge is 0.356 e. The van der Waals surface area contributed by atoms with Gasteiger partial charge in [0.25, 0.3) is 0 Å². The van der Waals surface area contributed by atoms with Crippen LogP contribution in [0.3, 0.4) is 0 Å². The van der Waals surface area contributed by atoms with E-state index in [0.717, 1.165) is 11.4 Å². The number of benzene rings is 1. The maximum absolute atomic E-state index is 8.25. The molecule has 10 heteroatoms. The molecule has 0 spiro atoms. The predicted octanol–water partition coefficient (Wildman–Crippen LogP) is -0.736. The molecule has 0 unspecified atom stereocenters. The third-order valence-corrected chi connectivity index (χ3v) is 1.56. The third kappa shape index (κ3) is 13.5. The van der Waals surface area contributed by atoms with Gasteiger partial charge in [0, 0.05) is 0 Å². The summed E-state index contributed by atoms with van der Waals surface area (Å²) in [7, 11) is 0. The summed E-state index contributed by atoms with van der Waals surface area (Å²) in [6.45, 7) is 2.03. The molecule has 0 bridgehead atoms. The van der Waals surface area contributed by atoms with Crippen molar-refractivity contribution in [3.05, 3.63) is 54.4 Å². The van der Waals surface area contributed by atoms with Crippen LogP contribution in [0, 0.1) is 37.6 Å². The average molecular weight is 248 g/mol. The number of hydrogen-bond donors (Lipinski definition) is 2. The molecule has 0 radical (unpaired) electrons. The van der Waals surface area contributed by atoms with E-state index in [1.54, 1.807) is 0 Å². The molecule has 0 amide bonds. The molecular weight excluding hydrogens is 236 g/mol. The fourth-order valence-electron chi connectivity index (χ4n) is 0.737. The maximum atomic E-state index is 8.25. The van der Waals surface area contributed by atoms with Crippen LogP contribution in [-0.2, 0) is 0 Å². The van der Waals surface area contributed by atoms with Crippen LogP contribution < -0.4 is 11.5 Å². The molecule has 0 heterocycles. The summed E-state index contributed by atoms with van der Waals surface area (Å²) < 4.78 is 0. The highest BCUT2D eigenvalue weighted by atomic mass is 16.9. The molecule has 6 N–H and O–H groups in total. The summed E-state index contributed by atoms with van der Waals surface area (Å²) >= 11 is 0. The van der Waals surface area contributed by atoms with Crippen molar-refractivity contribution in [1.82, 2.24) is 0 Å². The van der Waals surface area contributed by atoms with Gasteiger partial charge in [-0.15, -0.1) is 0 Å². The fraction of sp³-hybridized carbons (Fsp3) is 0.143. The van der Waals surface area contributed by atoms with Gasteiger partial charge < -0.3 is 42.1 Å². The molecule has 0 saturated carbocycles. The van der Waals surface area contributed by atoms with Gasteiger partial charge in [0.15, 0.2) is 0 Å². The predicted molar refractivity (Wildman–Crippen MR) is 57.0 cm³/mol. The van der Waals surface area contributed by atoms with Crippen LogP contribution in [0.5, 0.6) is 0 Å². The maximum Gasteiger partial charge on any atom is 0.136 e. The lowest BCUT2D eigenvalue weighted by Crippen LogP contribution is -2.45. The Hall–Kier alpha value is -2.46. The van der Waals surface area contributed by atoms with Gasteiger partial charge >= 0.3 is 0 Å². The summed E-state index contributed by atoms with van der Waals surface area (Å²) in [6, 6.07) is 5.95. The van der Waals surface area contributed by atoms with Crippen molar-refractivity contribution in [2.24, 2.45) is 0 Å². The van der Waals surface area contributed by atoms with Gasteiger partial charge in [0.1, 0.15) is 11.4 Å². The van der Waals surface area contributed by atoms with Gasteiger partial charge in [-0.05, 0) is 19.1 Å². The lowest BCUT2D eigenvalue weighted by molar-refractivity contribution is -0.403. The van der Waals surface area contributed by atoms with Gasteiger partial charge in [-0.2, -0.15) is 0 Å². The first-order chi connectivity index (χ1) is 7.68. The fourth-order valence-corrected chi connectivity index (χ4v) is 0.737. The second kappa shape index (κ2) is 8.82. The Labute approximate surface area is 95.3 Å². The quantitative estimate of drug-likeness (QED) is 0.449. The normalized spacial score (nSPS) is 7.94.